The molecule has 10 nitrogen and oxygen atoms in total. The van der Waals surface area contributed by atoms with Crippen molar-refractivity contribution in [2.75, 3.05) is 7.11 Å². The molecule has 3 atom stereocenters. The van der Waals surface area contributed by atoms with Gasteiger partial charge in [-0.15, -0.1) is 0 Å². The molecule has 4 rings (SSSR count). The van der Waals surface area contributed by atoms with Crippen molar-refractivity contribution in [1.29, 1.82) is 0 Å². The molecule has 56 heavy (non-hydrogen) atoms. The Bertz CT molecular complexity index is 1910. The molecule has 4 aromatic rings. The van der Waals surface area contributed by atoms with E-state index < -0.39 is 28.6 Å². The van der Waals surface area contributed by atoms with Crippen molar-refractivity contribution in [3.63, 3.8) is 0 Å². The number of esters is 1. The third kappa shape index (κ3) is 12.9. The van der Waals surface area contributed by atoms with E-state index in [0.717, 1.165) is 50.3 Å². The molecule has 2 heterocycles. The van der Waals surface area contributed by atoms with Crippen molar-refractivity contribution in [1.82, 2.24) is 19.1 Å². The molecular formula is C42H65BBrN5O5Si2. The Kier molecular flexibility index (Phi) is 17.4. The summed E-state index contributed by atoms with van der Waals surface area (Å²) in [5, 5.41) is 0.323. The molecule has 0 amide bonds. The molecule has 0 aliphatic rings. The van der Waals surface area contributed by atoms with E-state index in [1.165, 1.54) is 7.11 Å². The summed E-state index contributed by atoms with van der Waals surface area (Å²) in [5.74, 6) is 1.40. The predicted octanol–water partition coefficient (Wildman–Crippen LogP) is 10.9. The molecule has 2 aromatic carbocycles. The number of aryl methyl sites for hydroxylation is 2. The van der Waals surface area contributed by atoms with Gasteiger partial charge in [-0.25, -0.2) is 4.98 Å². The van der Waals surface area contributed by atoms with Gasteiger partial charge in [-0.2, -0.15) is 0 Å². The zero-order chi connectivity index (χ0) is 41.5. The molecule has 0 fully saturated rings. The van der Waals surface area contributed by atoms with Crippen LogP contribution in [-0.4, -0.2) is 68.1 Å². The Morgan fingerprint density at radius 1 is 0.804 bits per heavy atom. The third-order valence-electron chi connectivity index (χ3n) is 10.7. The second-order valence-electron chi connectivity index (χ2n) is 17.1. The van der Waals surface area contributed by atoms with Crippen molar-refractivity contribution in [3.05, 3.63) is 82.6 Å². The van der Waals surface area contributed by atoms with Gasteiger partial charge in [-0.1, -0.05) is 77.0 Å². The number of carbonyl (C=O) groups is 1. The molecule has 0 radical (unpaired) electrons. The van der Waals surface area contributed by atoms with Crippen LogP contribution in [0.5, 0.6) is 0 Å². The van der Waals surface area contributed by atoms with Crippen LogP contribution in [0.3, 0.4) is 0 Å². The monoisotopic (exact) mass is 865 g/mol. The van der Waals surface area contributed by atoms with Crippen LogP contribution in [-0.2, 0) is 43.6 Å². The number of ether oxygens (including phenoxy) is 1. The minimum atomic E-state index is -1.91. The maximum atomic E-state index is 11.9. The number of carbonyl (C=O) groups excluding carboxylic acids is 1. The van der Waals surface area contributed by atoms with Crippen molar-refractivity contribution in [2.45, 2.75) is 124 Å². The summed E-state index contributed by atoms with van der Waals surface area (Å²) < 4.78 is 33.5. The molecule has 14 heteroatoms. The fourth-order valence-corrected chi connectivity index (χ4v) is 8.42. The zero-order valence-corrected chi connectivity index (χ0v) is 39.1. The summed E-state index contributed by atoms with van der Waals surface area (Å²) in [7, 11) is 2.16. The van der Waals surface area contributed by atoms with Crippen molar-refractivity contribution >= 4 is 51.8 Å². The second kappa shape index (κ2) is 19.9. The number of nitrogens with zero attached hydrogens (tertiary/aromatic N) is 5. The van der Waals surface area contributed by atoms with Gasteiger partial charge in [-0.05, 0) is 62.2 Å². The van der Waals surface area contributed by atoms with Gasteiger partial charge >= 0.3 is 134 Å². The minimum absolute atomic E-state index is 0. The van der Waals surface area contributed by atoms with E-state index in [9.17, 15) is 9.50 Å². The van der Waals surface area contributed by atoms with E-state index in [-0.39, 0.29) is 29.7 Å². The van der Waals surface area contributed by atoms with Crippen molar-refractivity contribution in [2.24, 2.45) is 19.1 Å². The molecule has 0 aliphatic carbocycles. The van der Waals surface area contributed by atoms with Gasteiger partial charge in [0.15, 0.2) is 16.6 Å². The number of aromatic nitrogens is 4. The third-order valence-corrected chi connectivity index (χ3v) is 20.4. The molecule has 3 unspecified atom stereocenters. The zero-order valence-electron chi connectivity index (χ0n) is 35.5. The predicted molar refractivity (Wildman–Crippen MR) is 240 cm³/mol. The van der Waals surface area contributed by atoms with Gasteiger partial charge < -0.3 is 13.4 Å². The first-order valence-electron chi connectivity index (χ1n) is 18.7. The number of hydrogen-bond donors (Lipinski definition) is 0. The number of halogens is 1. The summed E-state index contributed by atoms with van der Waals surface area (Å²) >= 11 is 3.47. The van der Waals surface area contributed by atoms with Gasteiger partial charge in [0.05, 0.1) is 5.69 Å². The van der Waals surface area contributed by atoms with E-state index in [4.69, 9.17) is 23.6 Å². The van der Waals surface area contributed by atoms with Gasteiger partial charge in [0.1, 0.15) is 11.9 Å². The van der Waals surface area contributed by atoms with Crippen molar-refractivity contribution < 1.29 is 23.1 Å². The molecule has 0 saturated carbocycles. The number of benzene rings is 2. The standard InChI is InChI=1S/C23H34BN3O4Si.C18H27BrN2OSi.CH4/c1-16(31-32(7,8)23(2,3)4)21-26-20(14-27(21)5)18-11-9-17(10-12-18)13-19(22(28)30-6)25-15-24-29;1-13(22-23(6,7)18(2,3)4)17-20-16(12-21(17)5)14-8-10-15(19)11-9-14;/h9-12,14-16,19H,13H2,1-8H3;8-13H,1-7H3;1H4. The van der Waals surface area contributed by atoms with Crippen LogP contribution in [0, 0.1) is 0 Å². The maximum absolute atomic E-state index is 11.9. The number of imidazole rings is 2. The Hall–Kier alpha value is -3.30. The number of hydrogen-bond acceptors (Lipinski definition) is 8. The molecule has 306 valence electrons. The SMILES string of the molecule is C.CC(O[Si](C)(C)C(C)(C)C)c1nc(-c2ccc(Br)cc2)cn1C.COC(=O)C(Cc1ccc(-c2cn(C)c(C(C)O[Si](C)(C)C(C)(C)C)n2)cc1)N=CB=O. The molecule has 0 N–H and O–H groups in total. The quantitative estimate of drug-likeness (QED) is 0.0748. The topological polar surface area (TPSA) is 110 Å². The fourth-order valence-electron chi connectivity index (χ4n) is 5.47. The van der Waals surface area contributed by atoms with Crippen LogP contribution < -0.4 is 0 Å². The van der Waals surface area contributed by atoms with Gasteiger partial charge in [0, 0.05) is 23.3 Å². The van der Waals surface area contributed by atoms with E-state index in [1.807, 2.05) is 61.3 Å². The second-order valence-corrected chi connectivity index (χ2v) is 27.5. The van der Waals surface area contributed by atoms with Gasteiger partial charge in [-0.3, -0.25) is 0 Å². The van der Waals surface area contributed by atoms with E-state index in [0.29, 0.717) is 13.6 Å². The van der Waals surface area contributed by atoms with Crippen LogP contribution in [0.4, 0.5) is 0 Å². The average Bonchev–Trinajstić information content (AvgIpc) is 3.68. The van der Waals surface area contributed by atoms with Crippen LogP contribution in [0.25, 0.3) is 22.5 Å². The Morgan fingerprint density at radius 3 is 1.55 bits per heavy atom. The molecular weight excluding hydrogens is 801 g/mol. The normalized spacial score (nSPS) is 13.9. The van der Waals surface area contributed by atoms with Crippen molar-refractivity contribution in [3.8, 4) is 22.5 Å². The summed E-state index contributed by atoms with van der Waals surface area (Å²) in [6.45, 7) is 26.7. The first kappa shape index (κ1) is 48.8. The first-order valence-corrected chi connectivity index (χ1v) is 25.3. The van der Waals surface area contributed by atoms with Crippen LogP contribution in [0.1, 0.15) is 92.2 Å². The molecule has 0 bridgehead atoms. The molecule has 0 aliphatic heterocycles. The van der Waals surface area contributed by atoms with Crippen LogP contribution >= 0.6 is 15.9 Å². The van der Waals surface area contributed by atoms with Crippen LogP contribution in [0.2, 0.25) is 36.3 Å². The summed E-state index contributed by atoms with van der Waals surface area (Å²) in [6, 6.07) is 15.3. The Labute approximate surface area is 347 Å². The van der Waals surface area contributed by atoms with E-state index >= 15 is 0 Å². The first-order chi connectivity index (χ1) is 25.4. The number of methoxy groups -OCH3 is 1. The molecule has 0 spiro atoms. The summed E-state index contributed by atoms with van der Waals surface area (Å²) in [5.41, 5.74) is 4.86. The van der Waals surface area contributed by atoms with E-state index in [2.05, 4.69) is 125 Å². The summed E-state index contributed by atoms with van der Waals surface area (Å²) in [4.78, 5) is 25.5. The fraction of sp³-hybridized carbons (Fsp3) is 0.524. The summed E-state index contributed by atoms with van der Waals surface area (Å²) in [6.07, 6.45) is 5.39. The Morgan fingerprint density at radius 2 is 1.20 bits per heavy atom. The number of aliphatic imine (C=N–C) groups is 1. The molecule has 2 aromatic heterocycles. The van der Waals surface area contributed by atoms with Gasteiger partial charge in [0.2, 0.25) is 0 Å². The average molecular weight is 867 g/mol. The Balaban J connectivity index is 0.000000399. The molecule has 0 saturated heterocycles. The van der Waals surface area contributed by atoms with Crippen LogP contribution in [0.15, 0.2) is 70.4 Å². The van der Waals surface area contributed by atoms with Gasteiger partial charge in [0.25, 0.3) is 0 Å². The number of rotatable bonds is 13. The van der Waals surface area contributed by atoms with E-state index in [1.54, 1.807) is 0 Å².